The highest BCUT2D eigenvalue weighted by atomic mass is 16.3. The highest BCUT2D eigenvalue weighted by Crippen LogP contribution is 2.50. The van der Waals surface area contributed by atoms with Gasteiger partial charge in [-0.05, 0) is 65.2 Å². The molecular formula is C17H28N2O4. The van der Waals surface area contributed by atoms with Crippen molar-refractivity contribution < 1.29 is 19.8 Å². The van der Waals surface area contributed by atoms with Gasteiger partial charge in [0.25, 0.3) is 0 Å². The third-order valence-electron chi connectivity index (χ3n) is 6.69. The fraction of sp³-hybridized carbons (Fsp3) is 0.882. The first-order valence-electron chi connectivity index (χ1n) is 8.74. The van der Waals surface area contributed by atoms with E-state index in [2.05, 4.69) is 0 Å². The lowest BCUT2D eigenvalue weighted by Crippen LogP contribution is -2.66. The lowest BCUT2D eigenvalue weighted by Gasteiger charge is -2.54. The monoisotopic (exact) mass is 324 g/mol. The average Bonchev–Trinajstić information content (AvgIpc) is 3.23. The molecule has 0 unspecified atom stereocenters. The molecule has 3 aliphatic carbocycles. The molecule has 130 valence electrons. The molecule has 0 aromatic heterocycles. The molecule has 0 aromatic carbocycles. The van der Waals surface area contributed by atoms with Gasteiger partial charge in [0, 0.05) is 0 Å². The lowest BCUT2D eigenvalue weighted by atomic mass is 9.71. The Balaban J connectivity index is 1.90. The molecule has 2 atom stereocenters. The fourth-order valence-electron chi connectivity index (χ4n) is 4.06. The number of hydrogen-bond acceptors (Lipinski definition) is 4. The summed E-state index contributed by atoms with van der Waals surface area (Å²) in [5.74, 6) is -0.904. The maximum atomic E-state index is 13.1. The Labute approximate surface area is 137 Å². The minimum atomic E-state index is -1.12. The summed E-state index contributed by atoms with van der Waals surface area (Å²) in [6.07, 6.45) is 5.38. The fourth-order valence-corrected chi connectivity index (χ4v) is 4.06. The zero-order chi connectivity index (χ0) is 17.0. The van der Waals surface area contributed by atoms with E-state index in [-0.39, 0.29) is 5.91 Å². The number of nitrogens with zero attached hydrogens (tertiary/aromatic N) is 1. The van der Waals surface area contributed by atoms with Crippen LogP contribution in [0.2, 0.25) is 0 Å². The van der Waals surface area contributed by atoms with Crippen molar-refractivity contribution in [2.24, 2.45) is 11.1 Å². The molecule has 6 heteroatoms. The second kappa shape index (κ2) is 5.18. The molecule has 0 bridgehead atoms. The molecule has 0 heterocycles. The highest BCUT2D eigenvalue weighted by molar-refractivity contribution is 6.07. The predicted octanol–water partition coefficient (Wildman–Crippen LogP) is 0.687. The zero-order valence-corrected chi connectivity index (χ0v) is 14.0. The SMILES string of the molecule is C[C@@H](N(C(=O)C1(C(N)=O)CC1)[C@H](C)C1(O)CCC1)C1(O)CCC1. The highest BCUT2D eigenvalue weighted by Gasteiger charge is 2.61. The summed E-state index contributed by atoms with van der Waals surface area (Å²) in [5, 5.41) is 21.5. The average molecular weight is 324 g/mol. The van der Waals surface area contributed by atoms with E-state index in [9.17, 15) is 19.8 Å². The molecule has 2 amide bonds. The molecule has 0 radical (unpaired) electrons. The summed E-state index contributed by atoms with van der Waals surface area (Å²) in [5.41, 5.74) is 2.51. The van der Waals surface area contributed by atoms with E-state index in [1.807, 2.05) is 13.8 Å². The summed E-state index contributed by atoms with van der Waals surface area (Å²) in [4.78, 5) is 26.5. The van der Waals surface area contributed by atoms with E-state index in [1.165, 1.54) is 0 Å². The van der Waals surface area contributed by atoms with Gasteiger partial charge < -0.3 is 20.8 Å². The molecule has 23 heavy (non-hydrogen) atoms. The lowest BCUT2D eigenvalue weighted by molar-refractivity contribution is -0.177. The normalized spacial score (nSPS) is 28.7. The molecular weight excluding hydrogens is 296 g/mol. The second-order valence-corrected chi connectivity index (χ2v) is 7.92. The van der Waals surface area contributed by atoms with Crippen molar-refractivity contribution in [2.75, 3.05) is 0 Å². The van der Waals surface area contributed by atoms with Crippen molar-refractivity contribution in [3.05, 3.63) is 0 Å². The maximum Gasteiger partial charge on any atom is 0.238 e. The van der Waals surface area contributed by atoms with Crippen LogP contribution in [0.5, 0.6) is 0 Å². The van der Waals surface area contributed by atoms with Crippen LogP contribution in [0.4, 0.5) is 0 Å². The summed E-state index contributed by atoms with van der Waals surface area (Å²) >= 11 is 0. The van der Waals surface area contributed by atoms with Crippen LogP contribution in [-0.2, 0) is 9.59 Å². The Morgan fingerprint density at radius 2 is 1.30 bits per heavy atom. The topological polar surface area (TPSA) is 104 Å². The minimum Gasteiger partial charge on any atom is -0.388 e. The third kappa shape index (κ3) is 2.38. The summed E-state index contributed by atoms with van der Waals surface area (Å²) in [6.45, 7) is 3.65. The van der Waals surface area contributed by atoms with Gasteiger partial charge in [-0.2, -0.15) is 0 Å². The third-order valence-corrected chi connectivity index (χ3v) is 6.69. The van der Waals surface area contributed by atoms with E-state index in [0.717, 1.165) is 12.8 Å². The molecule has 0 aliphatic heterocycles. The summed E-state index contributed by atoms with van der Waals surface area (Å²) < 4.78 is 0. The molecule has 6 nitrogen and oxygen atoms in total. The number of amides is 2. The first-order valence-corrected chi connectivity index (χ1v) is 8.74. The van der Waals surface area contributed by atoms with E-state index in [4.69, 9.17) is 5.73 Å². The van der Waals surface area contributed by atoms with Crippen LogP contribution >= 0.6 is 0 Å². The molecule has 3 aliphatic rings. The van der Waals surface area contributed by atoms with Gasteiger partial charge in [0.15, 0.2) is 0 Å². The Kier molecular flexibility index (Phi) is 3.76. The van der Waals surface area contributed by atoms with Gasteiger partial charge in [0.2, 0.25) is 11.8 Å². The first-order chi connectivity index (χ1) is 10.7. The van der Waals surface area contributed by atoms with Crippen LogP contribution < -0.4 is 5.73 Å². The van der Waals surface area contributed by atoms with Crippen LogP contribution in [0.15, 0.2) is 0 Å². The number of rotatable bonds is 6. The van der Waals surface area contributed by atoms with Crippen molar-refractivity contribution in [1.29, 1.82) is 0 Å². The second-order valence-electron chi connectivity index (χ2n) is 7.92. The van der Waals surface area contributed by atoms with Gasteiger partial charge in [0.05, 0.1) is 23.3 Å². The van der Waals surface area contributed by atoms with Gasteiger partial charge in [-0.1, -0.05) is 0 Å². The number of primary amides is 1. The van der Waals surface area contributed by atoms with Gasteiger partial charge in [-0.3, -0.25) is 9.59 Å². The molecule has 0 spiro atoms. The Bertz CT molecular complexity index is 495. The standard InChI is InChI=1S/C17H28N2O4/c1-11(16(22)5-3-6-16)19(12(2)17(23)7-4-8-17)14(21)15(9-10-15)13(18)20/h11-12,22-23H,3-10H2,1-2H3,(H2,18,20)/t11-,12-/m1/s1. The quantitative estimate of drug-likeness (QED) is 0.625. The van der Waals surface area contributed by atoms with E-state index in [1.54, 1.807) is 4.90 Å². The Morgan fingerprint density at radius 3 is 1.52 bits per heavy atom. The van der Waals surface area contributed by atoms with Crippen LogP contribution in [0.3, 0.4) is 0 Å². The minimum absolute atomic E-state index is 0.314. The molecule has 0 saturated heterocycles. The van der Waals surface area contributed by atoms with Crippen molar-refractivity contribution >= 4 is 11.8 Å². The van der Waals surface area contributed by atoms with Crippen molar-refractivity contribution in [3.63, 3.8) is 0 Å². The van der Waals surface area contributed by atoms with Gasteiger partial charge in [-0.25, -0.2) is 0 Å². The van der Waals surface area contributed by atoms with Crippen LogP contribution in [0, 0.1) is 5.41 Å². The number of carbonyl (C=O) groups is 2. The predicted molar refractivity (Wildman–Crippen MR) is 84.2 cm³/mol. The molecule has 3 rings (SSSR count). The van der Waals surface area contributed by atoms with Gasteiger partial charge >= 0.3 is 0 Å². The number of carbonyl (C=O) groups excluding carboxylic acids is 2. The molecule has 0 aromatic rings. The van der Waals surface area contributed by atoms with E-state index in [0.29, 0.717) is 38.5 Å². The number of nitrogens with two attached hydrogens (primary N) is 1. The van der Waals surface area contributed by atoms with Crippen LogP contribution in [0.25, 0.3) is 0 Å². The largest absolute Gasteiger partial charge is 0.388 e. The van der Waals surface area contributed by atoms with Crippen LogP contribution in [0.1, 0.15) is 65.2 Å². The zero-order valence-electron chi connectivity index (χ0n) is 14.0. The van der Waals surface area contributed by atoms with Crippen molar-refractivity contribution in [1.82, 2.24) is 4.90 Å². The number of hydrogen-bond donors (Lipinski definition) is 3. The smallest absolute Gasteiger partial charge is 0.238 e. The maximum absolute atomic E-state index is 13.1. The summed E-state index contributed by atoms with van der Waals surface area (Å²) in [7, 11) is 0. The molecule has 4 N–H and O–H groups in total. The molecule has 3 fully saturated rings. The van der Waals surface area contributed by atoms with Crippen molar-refractivity contribution in [3.8, 4) is 0 Å². The first kappa shape index (κ1) is 16.7. The van der Waals surface area contributed by atoms with Gasteiger partial charge in [0.1, 0.15) is 5.41 Å². The molecule has 3 saturated carbocycles. The Hall–Kier alpha value is -1.14. The van der Waals surface area contributed by atoms with Crippen LogP contribution in [-0.4, -0.2) is 50.2 Å². The van der Waals surface area contributed by atoms with E-state index >= 15 is 0 Å². The number of aliphatic hydroxyl groups is 2. The van der Waals surface area contributed by atoms with E-state index < -0.39 is 34.6 Å². The van der Waals surface area contributed by atoms with Crippen molar-refractivity contribution in [2.45, 2.75) is 88.5 Å². The van der Waals surface area contributed by atoms with Gasteiger partial charge in [-0.15, -0.1) is 0 Å². The summed E-state index contributed by atoms with van der Waals surface area (Å²) in [6, 6.07) is -0.861. The Morgan fingerprint density at radius 1 is 0.913 bits per heavy atom.